The first-order chi connectivity index (χ1) is 8.36. The Hall–Kier alpha value is -1.68. The van der Waals surface area contributed by atoms with E-state index in [0.717, 1.165) is 18.1 Å². The number of nitrogens with zero attached hydrogens (tertiary/aromatic N) is 1. The van der Waals surface area contributed by atoms with Crippen molar-refractivity contribution in [2.75, 3.05) is 23.3 Å². The Kier molecular flexibility index (Phi) is 4.27. The number of nitrogen functional groups attached to an aromatic ring is 1. The monoisotopic (exact) mass is 245 g/mol. The molecule has 0 bridgehead atoms. The molecule has 0 aliphatic carbocycles. The molecular formula is C13H15N3S. The Morgan fingerprint density at radius 3 is 2.71 bits per heavy atom. The van der Waals surface area contributed by atoms with Crippen molar-refractivity contribution in [3.05, 3.63) is 48.7 Å². The lowest BCUT2D eigenvalue weighted by molar-refractivity contribution is 1.17. The van der Waals surface area contributed by atoms with Gasteiger partial charge in [-0.2, -0.15) is 0 Å². The molecule has 1 aromatic heterocycles. The summed E-state index contributed by atoms with van der Waals surface area (Å²) >= 11 is 1.81. The molecule has 88 valence electrons. The van der Waals surface area contributed by atoms with E-state index in [-0.39, 0.29) is 0 Å². The van der Waals surface area contributed by atoms with E-state index in [1.807, 2.05) is 42.1 Å². The topological polar surface area (TPSA) is 50.9 Å². The van der Waals surface area contributed by atoms with Crippen LogP contribution < -0.4 is 11.1 Å². The first-order valence-corrected chi connectivity index (χ1v) is 6.47. The Labute approximate surface area is 105 Å². The summed E-state index contributed by atoms with van der Waals surface area (Å²) < 4.78 is 0. The second-order valence-electron chi connectivity index (χ2n) is 3.53. The molecule has 0 spiro atoms. The average Bonchev–Trinajstić information content (AvgIpc) is 2.38. The fraction of sp³-hybridized carbons (Fsp3) is 0.154. The fourth-order valence-corrected chi connectivity index (χ4v) is 2.21. The summed E-state index contributed by atoms with van der Waals surface area (Å²) in [7, 11) is 0. The van der Waals surface area contributed by atoms with Crippen LogP contribution in [0.15, 0.2) is 53.6 Å². The van der Waals surface area contributed by atoms with Crippen molar-refractivity contribution >= 4 is 23.3 Å². The molecule has 0 atom stereocenters. The normalized spacial score (nSPS) is 10.1. The molecule has 17 heavy (non-hydrogen) atoms. The number of benzene rings is 1. The maximum Gasteiger partial charge on any atom is 0.149 e. The third-order valence-corrected chi connectivity index (χ3v) is 3.26. The highest BCUT2D eigenvalue weighted by atomic mass is 32.2. The summed E-state index contributed by atoms with van der Waals surface area (Å²) in [6, 6.07) is 14.0. The van der Waals surface area contributed by atoms with Gasteiger partial charge in [0, 0.05) is 23.4 Å². The van der Waals surface area contributed by atoms with Gasteiger partial charge in [0.25, 0.3) is 0 Å². The predicted molar refractivity (Wildman–Crippen MR) is 74.3 cm³/mol. The molecule has 2 rings (SSSR count). The van der Waals surface area contributed by atoms with E-state index < -0.39 is 0 Å². The number of hydrogen-bond acceptors (Lipinski definition) is 4. The van der Waals surface area contributed by atoms with Crippen molar-refractivity contribution in [1.29, 1.82) is 0 Å². The van der Waals surface area contributed by atoms with Gasteiger partial charge in [-0.25, -0.2) is 4.98 Å². The first kappa shape index (κ1) is 11.8. The largest absolute Gasteiger partial charge is 0.396 e. The quantitative estimate of drug-likeness (QED) is 0.628. The number of rotatable bonds is 5. The van der Waals surface area contributed by atoms with E-state index >= 15 is 0 Å². The maximum atomic E-state index is 5.78. The lowest BCUT2D eigenvalue weighted by Gasteiger charge is -2.07. The Morgan fingerprint density at radius 2 is 1.94 bits per heavy atom. The van der Waals surface area contributed by atoms with Crippen LogP contribution in [-0.4, -0.2) is 17.3 Å². The summed E-state index contributed by atoms with van der Waals surface area (Å²) in [4.78, 5) is 5.46. The predicted octanol–water partition coefficient (Wildman–Crippen LogP) is 2.87. The van der Waals surface area contributed by atoms with Gasteiger partial charge in [0.1, 0.15) is 5.82 Å². The minimum absolute atomic E-state index is 0.692. The molecule has 3 N–H and O–H groups in total. The van der Waals surface area contributed by atoms with Crippen LogP contribution in [0, 0.1) is 0 Å². The average molecular weight is 245 g/mol. The molecular weight excluding hydrogens is 230 g/mol. The summed E-state index contributed by atoms with van der Waals surface area (Å²) in [6.45, 7) is 0.848. The number of nitrogens with one attached hydrogen (secondary N) is 1. The van der Waals surface area contributed by atoms with E-state index in [1.54, 1.807) is 6.20 Å². The van der Waals surface area contributed by atoms with Crippen LogP contribution in [0.3, 0.4) is 0 Å². The van der Waals surface area contributed by atoms with Gasteiger partial charge in [0.05, 0.1) is 5.69 Å². The summed E-state index contributed by atoms with van der Waals surface area (Å²) in [5, 5.41) is 3.23. The van der Waals surface area contributed by atoms with E-state index in [1.165, 1.54) is 4.90 Å². The lowest BCUT2D eigenvalue weighted by Crippen LogP contribution is -2.07. The van der Waals surface area contributed by atoms with Crippen molar-refractivity contribution in [2.45, 2.75) is 4.90 Å². The van der Waals surface area contributed by atoms with Gasteiger partial charge < -0.3 is 11.1 Å². The van der Waals surface area contributed by atoms with Gasteiger partial charge >= 0.3 is 0 Å². The molecule has 0 aliphatic heterocycles. The molecule has 0 amide bonds. The highest BCUT2D eigenvalue weighted by molar-refractivity contribution is 7.99. The zero-order valence-electron chi connectivity index (χ0n) is 9.47. The molecule has 1 heterocycles. The van der Waals surface area contributed by atoms with Crippen LogP contribution >= 0.6 is 11.8 Å². The fourth-order valence-electron chi connectivity index (χ4n) is 1.42. The van der Waals surface area contributed by atoms with E-state index in [4.69, 9.17) is 5.73 Å². The Morgan fingerprint density at radius 1 is 1.12 bits per heavy atom. The Balaban J connectivity index is 1.76. The second kappa shape index (κ2) is 6.15. The molecule has 0 saturated heterocycles. The van der Waals surface area contributed by atoms with Crippen LogP contribution in [-0.2, 0) is 0 Å². The molecule has 0 aliphatic rings. The van der Waals surface area contributed by atoms with Crippen molar-refractivity contribution in [1.82, 2.24) is 4.98 Å². The highest BCUT2D eigenvalue weighted by Gasteiger charge is 1.98. The summed E-state index contributed by atoms with van der Waals surface area (Å²) in [6.07, 6.45) is 1.74. The van der Waals surface area contributed by atoms with E-state index in [0.29, 0.717) is 5.69 Å². The van der Waals surface area contributed by atoms with E-state index in [9.17, 15) is 0 Å². The Bertz CT molecular complexity index is 459. The number of pyridine rings is 1. The molecule has 1 aromatic carbocycles. The molecule has 2 aromatic rings. The SMILES string of the molecule is Nc1cccnc1NCCSc1ccccc1. The van der Waals surface area contributed by atoms with Crippen molar-refractivity contribution in [3.8, 4) is 0 Å². The summed E-state index contributed by atoms with van der Waals surface area (Å²) in [5.41, 5.74) is 6.47. The molecule has 0 radical (unpaired) electrons. The number of anilines is 2. The molecule has 0 unspecified atom stereocenters. The number of aromatic nitrogens is 1. The molecule has 3 nitrogen and oxygen atoms in total. The second-order valence-corrected chi connectivity index (χ2v) is 4.70. The van der Waals surface area contributed by atoms with Crippen molar-refractivity contribution < 1.29 is 0 Å². The van der Waals surface area contributed by atoms with Gasteiger partial charge in [-0.1, -0.05) is 18.2 Å². The van der Waals surface area contributed by atoms with Gasteiger partial charge in [-0.15, -0.1) is 11.8 Å². The number of hydrogen-bond donors (Lipinski definition) is 2. The van der Waals surface area contributed by atoms with Crippen LogP contribution in [0.5, 0.6) is 0 Å². The minimum atomic E-state index is 0.692. The minimum Gasteiger partial charge on any atom is -0.396 e. The smallest absolute Gasteiger partial charge is 0.149 e. The van der Waals surface area contributed by atoms with E-state index in [2.05, 4.69) is 22.4 Å². The van der Waals surface area contributed by atoms with Crippen molar-refractivity contribution in [3.63, 3.8) is 0 Å². The third kappa shape index (κ3) is 3.67. The zero-order chi connectivity index (χ0) is 11.9. The van der Waals surface area contributed by atoms with Gasteiger partial charge in [0.15, 0.2) is 0 Å². The zero-order valence-corrected chi connectivity index (χ0v) is 10.3. The van der Waals surface area contributed by atoms with Crippen LogP contribution in [0.1, 0.15) is 0 Å². The standard InChI is InChI=1S/C13H15N3S/c14-12-7-4-8-15-13(12)16-9-10-17-11-5-2-1-3-6-11/h1-8H,9-10,14H2,(H,15,16). The maximum absolute atomic E-state index is 5.78. The van der Waals surface area contributed by atoms with Gasteiger partial charge in [0.2, 0.25) is 0 Å². The van der Waals surface area contributed by atoms with Gasteiger partial charge in [-0.05, 0) is 24.3 Å². The lowest BCUT2D eigenvalue weighted by atomic mass is 10.4. The number of nitrogens with two attached hydrogens (primary N) is 1. The third-order valence-electron chi connectivity index (χ3n) is 2.25. The molecule has 0 saturated carbocycles. The van der Waals surface area contributed by atoms with Crippen LogP contribution in [0.25, 0.3) is 0 Å². The molecule has 4 heteroatoms. The van der Waals surface area contributed by atoms with Crippen LogP contribution in [0.2, 0.25) is 0 Å². The van der Waals surface area contributed by atoms with Crippen LogP contribution in [0.4, 0.5) is 11.5 Å². The van der Waals surface area contributed by atoms with Crippen molar-refractivity contribution in [2.24, 2.45) is 0 Å². The highest BCUT2D eigenvalue weighted by Crippen LogP contribution is 2.17. The molecule has 0 fully saturated rings. The first-order valence-electron chi connectivity index (χ1n) is 5.48. The number of thioether (sulfide) groups is 1. The van der Waals surface area contributed by atoms with Gasteiger partial charge in [-0.3, -0.25) is 0 Å². The summed E-state index contributed by atoms with van der Waals surface area (Å²) in [5.74, 6) is 1.75.